The predicted octanol–water partition coefficient (Wildman–Crippen LogP) is 2.24. The molecule has 2 heterocycles. The molecule has 0 saturated carbocycles. The lowest BCUT2D eigenvalue weighted by Crippen LogP contribution is -2.15. The molecule has 0 bridgehead atoms. The van der Waals surface area contributed by atoms with Gasteiger partial charge in [0.05, 0.1) is 12.0 Å². The fourth-order valence-electron chi connectivity index (χ4n) is 1.41. The van der Waals surface area contributed by atoms with E-state index in [0.717, 1.165) is 25.2 Å². The second-order valence-electron chi connectivity index (χ2n) is 3.53. The van der Waals surface area contributed by atoms with Crippen molar-refractivity contribution in [1.82, 2.24) is 15.3 Å². The first-order valence-electron chi connectivity index (χ1n) is 5.46. The number of rotatable bonds is 5. The van der Waals surface area contributed by atoms with Crippen LogP contribution in [0.25, 0.3) is 11.6 Å². The summed E-state index contributed by atoms with van der Waals surface area (Å²) in [5.41, 5.74) is 0.981. The fourth-order valence-corrected chi connectivity index (χ4v) is 1.41. The molecule has 0 unspecified atom stereocenters. The first-order chi connectivity index (χ1) is 7.90. The zero-order valence-corrected chi connectivity index (χ0v) is 9.31. The van der Waals surface area contributed by atoms with Crippen LogP contribution in [0.4, 0.5) is 0 Å². The number of nitrogens with one attached hydrogen (secondary N) is 1. The Hall–Kier alpha value is -1.68. The zero-order valence-electron chi connectivity index (χ0n) is 9.31. The Morgan fingerprint density at radius 1 is 1.38 bits per heavy atom. The Morgan fingerprint density at radius 2 is 2.31 bits per heavy atom. The van der Waals surface area contributed by atoms with Crippen molar-refractivity contribution in [3.8, 4) is 11.6 Å². The molecule has 0 saturated heterocycles. The minimum atomic E-state index is 0.640. The van der Waals surface area contributed by atoms with E-state index in [1.165, 1.54) is 0 Å². The molecule has 0 aromatic carbocycles. The lowest BCUT2D eigenvalue weighted by Gasteiger charge is -2.03. The maximum atomic E-state index is 5.25. The van der Waals surface area contributed by atoms with E-state index in [-0.39, 0.29) is 0 Å². The van der Waals surface area contributed by atoms with Crippen LogP contribution < -0.4 is 5.32 Å². The number of aromatic nitrogens is 2. The highest BCUT2D eigenvalue weighted by molar-refractivity contribution is 5.45. The highest BCUT2D eigenvalue weighted by Crippen LogP contribution is 2.14. The molecule has 1 N–H and O–H groups in total. The van der Waals surface area contributed by atoms with E-state index in [4.69, 9.17) is 4.42 Å². The summed E-state index contributed by atoms with van der Waals surface area (Å²) in [5, 5.41) is 3.30. The van der Waals surface area contributed by atoms with E-state index < -0.39 is 0 Å². The van der Waals surface area contributed by atoms with Crippen molar-refractivity contribution < 1.29 is 4.42 Å². The zero-order chi connectivity index (χ0) is 11.2. The second-order valence-corrected chi connectivity index (χ2v) is 3.53. The standard InChI is InChI=1S/C12H15N3O/c1-2-6-13-9-10-5-7-14-12(15-10)11-4-3-8-16-11/h3-5,7-8,13H,2,6,9H2,1H3. The van der Waals surface area contributed by atoms with Crippen molar-refractivity contribution in [2.75, 3.05) is 6.54 Å². The summed E-state index contributed by atoms with van der Waals surface area (Å²) in [4.78, 5) is 8.60. The molecule has 0 atom stereocenters. The molecule has 4 nitrogen and oxygen atoms in total. The van der Waals surface area contributed by atoms with Gasteiger partial charge in [-0.3, -0.25) is 0 Å². The minimum absolute atomic E-state index is 0.640. The summed E-state index contributed by atoms with van der Waals surface area (Å²) in [7, 11) is 0. The Bertz CT molecular complexity index is 426. The van der Waals surface area contributed by atoms with Gasteiger partial charge in [-0.2, -0.15) is 0 Å². The normalized spacial score (nSPS) is 10.6. The molecule has 0 spiro atoms. The quantitative estimate of drug-likeness (QED) is 0.780. The first kappa shape index (κ1) is 10.8. The van der Waals surface area contributed by atoms with Gasteiger partial charge >= 0.3 is 0 Å². The fraction of sp³-hybridized carbons (Fsp3) is 0.333. The van der Waals surface area contributed by atoms with Crippen molar-refractivity contribution in [3.05, 3.63) is 36.4 Å². The van der Waals surface area contributed by atoms with E-state index in [2.05, 4.69) is 22.2 Å². The lowest BCUT2D eigenvalue weighted by molar-refractivity contribution is 0.576. The van der Waals surface area contributed by atoms with Gasteiger partial charge < -0.3 is 9.73 Å². The molecule has 0 aliphatic rings. The second kappa shape index (κ2) is 5.42. The van der Waals surface area contributed by atoms with Crippen LogP contribution in [0.5, 0.6) is 0 Å². The van der Waals surface area contributed by atoms with Crippen LogP contribution in [-0.4, -0.2) is 16.5 Å². The summed E-state index contributed by atoms with van der Waals surface area (Å²) in [6.07, 6.45) is 4.50. The Morgan fingerprint density at radius 3 is 3.06 bits per heavy atom. The van der Waals surface area contributed by atoms with Crippen molar-refractivity contribution in [2.45, 2.75) is 19.9 Å². The third-order valence-electron chi connectivity index (χ3n) is 2.19. The molecule has 84 valence electrons. The maximum Gasteiger partial charge on any atom is 0.195 e. The lowest BCUT2D eigenvalue weighted by atomic mass is 10.3. The van der Waals surface area contributed by atoms with Crippen LogP contribution in [0.1, 0.15) is 19.0 Å². The van der Waals surface area contributed by atoms with Gasteiger partial charge in [-0.15, -0.1) is 0 Å². The Kier molecular flexibility index (Phi) is 3.66. The van der Waals surface area contributed by atoms with Crippen molar-refractivity contribution in [1.29, 1.82) is 0 Å². The average Bonchev–Trinajstić information content (AvgIpc) is 2.83. The number of hydrogen-bond acceptors (Lipinski definition) is 4. The highest BCUT2D eigenvalue weighted by atomic mass is 16.3. The maximum absolute atomic E-state index is 5.25. The molecule has 2 rings (SSSR count). The third kappa shape index (κ3) is 2.67. The van der Waals surface area contributed by atoms with E-state index in [1.807, 2.05) is 18.2 Å². The van der Waals surface area contributed by atoms with Crippen LogP contribution in [0.3, 0.4) is 0 Å². The van der Waals surface area contributed by atoms with Gasteiger partial charge in [-0.05, 0) is 31.2 Å². The van der Waals surface area contributed by atoms with Gasteiger partial charge in [0, 0.05) is 12.7 Å². The molecule has 0 aliphatic heterocycles. The van der Waals surface area contributed by atoms with Crippen molar-refractivity contribution >= 4 is 0 Å². The van der Waals surface area contributed by atoms with Gasteiger partial charge in [-0.1, -0.05) is 6.92 Å². The predicted molar refractivity (Wildman–Crippen MR) is 61.7 cm³/mol. The van der Waals surface area contributed by atoms with E-state index in [0.29, 0.717) is 11.6 Å². The van der Waals surface area contributed by atoms with Gasteiger partial charge in [0.25, 0.3) is 0 Å². The Balaban J connectivity index is 2.08. The summed E-state index contributed by atoms with van der Waals surface area (Å²) in [6, 6.07) is 5.61. The molecule has 16 heavy (non-hydrogen) atoms. The minimum Gasteiger partial charge on any atom is -0.461 e. The molecule has 2 aromatic rings. The average molecular weight is 217 g/mol. The molecule has 0 fully saturated rings. The topological polar surface area (TPSA) is 51.0 Å². The molecule has 2 aromatic heterocycles. The largest absolute Gasteiger partial charge is 0.461 e. The van der Waals surface area contributed by atoms with Gasteiger partial charge in [0.15, 0.2) is 11.6 Å². The van der Waals surface area contributed by atoms with Crippen molar-refractivity contribution in [2.24, 2.45) is 0 Å². The van der Waals surface area contributed by atoms with Gasteiger partial charge in [0.1, 0.15) is 0 Å². The van der Waals surface area contributed by atoms with Crippen LogP contribution in [0, 0.1) is 0 Å². The van der Waals surface area contributed by atoms with E-state index in [9.17, 15) is 0 Å². The van der Waals surface area contributed by atoms with Crippen LogP contribution in [0.15, 0.2) is 35.1 Å². The summed E-state index contributed by atoms with van der Waals surface area (Å²) >= 11 is 0. The molecule has 0 amide bonds. The van der Waals surface area contributed by atoms with Crippen LogP contribution in [0.2, 0.25) is 0 Å². The van der Waals surface area contributed by atoms with Gasteiger partial charge in [0.2, 0.25) is 0 Å². The first-order valence-corrected chi connectivity index (χ1v) is 5.46. The third-order valence-corrected chi connectivity index (χ3v) is 2.19. The smallest absolute Gasteiger partial charge is 0.195 e. The molecule has 0 aliphatic carbocycles. The summed E-state index contributed by atoms with van der Waals surface area (Å²) in [5.74, 6) is 1.35. The van der Waals surface area contributed by atoms with E-state index in [1.54, 1.807) is 12.5 Å². The molecular weight excluding hydrogens is 202 g/mol. The molecule has 4 heteroatoms. The van der Waals surface area contributed by atoms with Crippen molar-refractivity contribution in [3.63, 3.8) is 0 Å². The number of hydrogen-bond donors (Lipinski definition) is 1. The monoisotopic (exact) mass is 217 g/mol. The summed E-state index contributed by atoms with van der Waals surface area (Å²) < 4.78 is 5.25. The van der Waals surface area contributed by atoms with Gasteiger partial charge in [-0.25, -0.2) is 9.97 Å². The van der Waals surface area contributed by atoms with Crippen LogP contribution in [-0.2, 0) is 6.54 Å². The summed E-state index contributed by atoms with van der Waals surface area (Å²) in [6.45, 7) is 3.91. The molecule has 0 radical (unpaired) electrons. The molecular formula is C12H15N3O. The number of furan rings is 1. The Labute approximate surface area is 94.7 Å². The van der Waals surface area contributed by atoms with E-state index >= 15 is 0 Å². The SMILES string of the molecule is CCCNCc1ccnc(-c2ccco2)n1. The number of nitrogens with zero attached hydrogens (tertiary/aromatic N) is 2. The highest BCUT2D eigenvalue weighted by Gasteiger charge is 2.04. The van der Waals surface area contributed by atoms with Crippen LogP contribution >= 0.6 is 0 Å².